The molecule has 0 saturated heterocycles. The predicted octanol–water partition coefficient (Wildman–Crippen LogP) is 3.76. The number of hydrogen-bond acceptors (Lipinski definition) is 1. The van der Waals surface area contributed by atoms with Crippen LogP contribution in [0.15, 0.2) is 6.07 Å². The average molecular weight is 231 g/mol. The highest BCUT2D eigenvalue weighted by Gasteiger charge is 2.33. The summed E-state index contributed by atoms with van der Waals surface area (Å²) in [6.07, 6.45) is 3.95. The Morgan fingerprint density at radius 3 is 2.06 bits per heavy atom. The summed E-state index contributed by atoms with van der Waals surface area (Å²) in [5.74, 6) is 1.61. The second kappa shape index (κ2) is 4.81. The molecule has 1 aromatic carbocycles. The molecule has 1 aliphatic carbocycles. The summed E-state index contributed by atoms with van der Waals surface area (Å²) in [6.45, 7) is 9.84. The third kappa shape index (κ3) is 2.40. The van der Waals surface area contributed by atoms with Crippen LogP contribution in [0.4, 0.5) is 0 Å². The van der Waals surface area contributed by atoms with E-state index in [2.05, 4.69) is 33.8 Å². The summed E-state index contributed by atoms with van der Waals surface area (Å²) in [5, 5.41) is 0. The molecule has 2 N–H and O–H groups in total. The number of aryl methyl sites for hydroxylation is 2. The SMILES string of the molecule is Cc1cc(C)c(C)c(C(CCN)C2CC2)c1C. The Morgan fingerprint density at radius 2 is 1.65 bits per heavy atom. The first-order valence-corrected chi connectivity index (χ1v) is 6.83. The maximum absolute atomic E-state index is 5.81. The van der Waals surface area contributed by atoms with Gasteiger partial charge < -0.3 is 5.73 Å². The monoisotopic (exact) mass is 231 g/mol. The fourth-order valence-electron chi connectivity index (χ4n) is 3.10. The van der Waals surface area contributed by atoms with Gasteiger partial charge in [0.15, 0.2) is 0 Å². The van der Waals surface area contributed by atoms with Gasteiger partial charge in [-0.15, -0.1) is 0 Å². The second-order valence-corrected chi connectivity index (χ2v) is 5.70. The fraction of sp³-hybridized carbons (Fsp3) is 0.625. The highest BCUT2D eigenvalue weighted by atomic mass is 14.5. The Balaban J connectivity index is 2.47. The Kier molecular flexibility index (Phi) is 3.58. The molecule has 0 aromatic heterocycles. The number of hydrogen-bond donors (Lipinski definition) is 1. The predicted molar refractivity (Wildman–Crippen MR) is 74.5 cm³/mol. The lowest BCUT2D eigenvalue weighted by molar-refractivity contribution is 0.559. The molecule has 0 bridgehead atoms. The van der Waals surface area contributed by atoms with Gasteiger partial charge >= 0.3 is 0 Å². The van der Waals surface area contributed by atoms with E-state index in [4.69, 9.17) is 5.73 Å². The van der Waals surface area contributed by atoms with Gasteiger partial charge in [-0.05, 0) is 93.2 Å². The summed E-state index contributed by atoms with van der Waals surface area (Å²) in [5.41, 5.74) is 13.3. The molecule has 0 spiro atoms. The van der Waals surface area contributed by atoms with Gasteiger partial charge in [0.05, 0.1) is 0 Å². The fourth-order valence-corrected chi connectivity index (χ4v) is 3.10. The van der Waals surface area contributed by atoms with Crippen LogP contribution in [0.25, 0.3) is 0 Å². The third-order valence-corrected chi connectivity index (χ3v) is 4.46. The smallest absolute Gasteiger partial charge is 0.00713 e. The first-order chi connectivity index (χ1) is 8.06. The van der Waals surface area contributed by atoms with E-state index in [9.17, 15) is 0 Å². The largest absolute Gasteiger partial charge is 0.330 e. The van der Waals surface area contributed by atoms with Crippen LogP contribution < -0.4 is 5.73 Å². The van der Waals surface area contributed by atoms with Gasteiger partial charge in [-0.3, -0.25) is 0 Å². The van der Waals surface area contributed by atoms with Gasteiger partial charge in [0.1, 0.15) is 0 Å². The summed E-state index contributed by atoms with van der Waals surface area (Å²) in [6, 6.07) is 2.32. The number of benzene rings is 1. The first-order valence-electron chi connectivity index (χ1n) is 6.83. The Hall–Kier alpha value is -0.820. The summed E-state index contributed by atoms with van der Waals surface area (Å²) in [4.78, 5) is 0. The van der Waals surface area contributed by atoms with Crippen molar-refractivity contribution in [1.29, 1.82) is 0 Å². The molecule has 1 aliphatic rings. The molecule has 1 nitrogen and oxygen atoms in total. The molecule has 0 radical (unpaired) electrons. The van der Waals surface area contributed by atoms with Gasteiger partial charge in [-0.1, -0.05) is 6.07 Å². The normalized spacial score (nSPS) is 17.2. The Morgan fingerprint density at radius 1 is 1.12 bits per heavy atom. The Labute approximate surface area is 105 Å². The van der Waals surface area contributed by atoms with E-state index in [0.717, 1.165) is 18.9 Å². The molecule has 1 atom stereocenters. The maximum Gasteiger partial charge on any atom is -0.00713 e. The molecule has 94 valence electrons. The van der Waals surface area contributed by atoms with Crippen molar-refractivity contribution in [2.75, 3.05) is 6.54 Å². The zero-order chi connectivity index (χ0) is 12.6. The van der Waals surface area contributed by atoms with Crippen molar-refractivity contribution in [3.63, 3.8) is 0 Å². The lowest BCUT2D eigenvalue weighted by Gasteiger charge is -2.23. The van der Waals surface area contributed by atoms with Crippen molar-refractivity contribution in [2.24, 2.45) is 11.7 Å². The van der Waals surface area contributed by atoms with Crippen molar-refractivity contribution in [3.8, 4) is 0 Å². The minimum atomic E-state index is 0.707. The van der Waals surface area contributed by atoms with Crippen LogP contribution in [-0.4, -0.2) is 6.54 Å². The molecule has 1 heteroatoms. The molecule has 0 amide bonds. The molecule has 0 heterocycles. The van der Waals surface area contributed by atoms with E-state index in [1.807, 2.05) is 0 Å². The van der Waals surface area contributed by atoms with E-state index in [-0.39, 0.29) is 0 Å². The molecular formula is C16H25N. The molecule has 1 aromatic rings. The van der Waals surface area contributed by atoms with Crippen LogP contribution in [0, 0.1) is 33.6 Å². The van der Waals surface area contributed by atoms with E-state index in [1.165, 1.54) is 35.1 Å². The Bertz CT molecular complexity index is 390. The van der Waals surface area contributed by atoms with E-state index < -0.39 is 0 Å². The average Bonchev–Trinajstić information content (AvgIpc) is 3.09. The van der Waals surface area contributed by atoms with Crippen LogP contribution in [0.2, 0.25) is 0 Å². The summed E-state index contributed by atoms with van der Waals surface area (Å²) < 4.78 is 0. The van der Waals surface area contributed by atoms with Crippen LogP contribution in [0.5, 0.6) is 0 Å². The molecule has 2 rings (SSSR count). The van der Waals surface area contributed by atoms with Crippen LogP contribution in [0.1, 0.15) is 53.0 Å². The van der Waals surface area contributed by atoms with Crippen LogP contribution >= 0.6 is 0 Å². The lowest BCUT2D eigenvalue weighted by atomic mass is 9.82. The molecule has 1 unspecified atom stereocenters. The van der Waals surface area contributed by atoms with E-state index >= 15 is 0 Å². The molecule has 0 aliphatic heterocycles. The van der Waals surface area contributed by atoms with Crippen molar-refractivity contribution in [3.05, 3.63) is 33.9 Å². The first kappa shape index (κ1) is 12.6. The number of nitrogens with two attached hydrogens (primary N) is 1. The molecule has 1 saturated carbocycles. The standard InChI is InChI=1S/C16H25N/c1-10-9-11(2)13(4)16(12(10)3)15(7-8-17)14-5-6-14/h9,14-15H,5-8,17H2,1-4H3. The lowest BCUT2D eigenvalue weighted by Crippen LogP contribution is -2.13. The van der Waals surface area contributed by atoms with Gasteiger partial charge in [0, 0.05) is 0 Å². The zero-order valence-electron chi connectivity index (χ0n) is 11.6. The highest BCUT2D eigenvalue weighted by Crippen LogP contribution is 2.46. The number of rotatable bonds is 4. The topological polar surface area (TPSA) is 26.0 Å². The van der Waals surface area contributed by atoms with E-state index in [0.29, 0.717) is 5.92 Å². The molecule has 17 heavy (non-hydrogen) atoms. The van der Waals surface area contributed by atoms with Crippen molar-refractivity contribution >= 4 is 0 Å². The molecular weight excluding hydrogens is 206 g/mol. The summed E-state index contributed by atoms with van der Waals surface area (Å²) in [7, 11) is 0. The maximum atomic E-state index is 5.81. The van der Waals surface area contributed by atoms with Crippen molar-refractivity contribution in [2.45, 2.75) is 52.9 Å². The van der Waals surface area contributed by atoms with Gasteiger partial charge in [0.2, 0.25) is 0 Å². The summed E-state index contributed by atoms with van der Waals surface area (Å²) >= 11 is 0. The minimum Gasteiger partial charge on any atom is -0.330 e. The third-order valence-electron chi connectivity index (χ3n) is 4.46. The van der Waals surface area contributed by atoms with Gasteiger partial charge in [-0.2, -0.15) is 0 Å². The van der Waals surface area contributed by atoms with Gasteiger partial charge in [-0.25, -0.2) is 0 Å². The van der Waals surface area contributed by atoms with Crippen LogP contribution in [-0.2, 0) is 0 Å². The highest BCUT2D eigenvalue weighted by molar-refractivity contribution is 5.46. The minimum absolute atomic E-state index is 0.707. The zero-order valence-corrected chi connectivity index (χ0v) is 11.6. The molecule has 1 fully saturated rings. The van der Waals surface area contributed by atoms with Gasteiger partial charge in [0.25, 0.3) is 0 Å². The quantitative estimate of drug-likeness (QED) is 0.839. The van der Waals surface area contributed by atoms with Crippen LogP contribution in [0.3, 0.4) is 0 Å². The van der Waals surface area contributed by atoms with E-state index in [1.54, 1.807) is 5.56 Å². The second-order valence-electron chi connectivity index (χ2n) is 5.70. The van der Waals surface area contributed by atoms with Crippen molar-refractivity contribution in [1.82, 2.24) is 0 Å². The van der Waals surface area contributed by atoms with Crippen molar-refractivity contribution < 1.29 is 0 Å².